The van der Waals surface area contributed by atoms with E-state index >= 15 is 0 Å². The van der Waals surface area contributed by atoms with E-state index in [1.54, 1.807) is 0 Å². The van der Waals surface area contributed by atoms with E-state index in [0.29, 0.717) is 5.75 Å². The molecule has 0 heterocycles. The number of hydrogen-bond donors (Lipinski definition) is 2. The molecule has 2 rings (SSSR count). The van der Waals surface area contributed by atoms with Crippen molar-refractivity contribution < 1.29 is 27.4 Å². The molecule has 0 saturated carbocycles. The third kappa shape index (κ3) is 5.26. The third-order valence-corrected chi connectivity index (χ3v) is 4.09. The summed E-state index contributed by atoms with van der Waals surface area (Å²) in [6.45, 7) is -0.103. The number of ether oxygens (including phenoxy) is 1. The summed E-state index contributed by atoms with van der Waals surface area (Å²) in [5.41, 5.74) is 0.323. The number of carboxylic acids is 1. The van der Waals surface area contributed by atoms with Crippen LogP contribution in [0.15, 0.2) is 48.5 Å². The standard InChI is InChI=1S/C15H14FNO5S/c16-12-3-7-14(8-4-12)22-9-10-23(20,21)17-13-5-1-11(2-6-13)15(18)19/h1-8,17H,9-10H2,(H,18,19). The van der Waals surface area contributed by atoms with E-state index in [4.69, 9.17) is 9.84 Å². The van der Waals surface area contributed by atoms with Crippen molar-refractivity contribution in [2.24, 2.45) is 0 Å². The monoisotopic (exact) mass is 339 g/mol. The van der Waals surface area contributed by atoms with Gasteiger partial charge in [-0.25, -0.2) is 17.6 Å². The van der Waals surface area contributed by atoms with Crippen molar-refractivity contribution in [3.05, 3.63) is 59.9 Å². The predicted molar refractivity (Wildman–Crippen MR) is 82.7 cm³/mol. The molecular weight excluding hydrogens is 325 g/mol. The number of rotatable bonds is 7. The number of hydrogen-bond acceptors (Lipinski definition) is 4. The van der Waals surface area contributed by atoms with Gasteiger partial charge >= 0.3 is 5.97 Å². The van der Waals surface area contributed by atoms with Crippen molar-refractivity contribution in [3.8, 4) is 5.75 Å². The van der Waals surface area contributed by atoms with E-state index in [-0.39, 0.29) is 23.6 Å². The first-order valence-electron chi connectivity index (χ1n) is 6.58. The summed E-state index contributed by atoms with van der Waals surface area (Å²) in [7, 11) is -3.64. The maximum atomic E-state index is 12.7. The highest BCUT2D eigenvalue weighted by Crippen LogP contribution is 2.13. The molecule has 2 aromatic rings. The van der Waals surface area contributed by atoms with Gasteiger partial charge in [0.25, 0.3) is 0 Å². The third-order valence-electron chi connectivity index (χ3n) is 2.84. The van der Waals surface area contributed by atoms with Gasteiger partial charge in [-0.2, -0.15) is 0 Å². The zero-order chi connectivity index (χ0) is 16.9. The molecule has 0 aliphatic rings. The van der Waals surface area contributed by atoms with Crippen molar-refractivity contribution in [2.45, 2.75) is 0 Å². The molecular formula is C15H14FNO5S. The average molecular weight is 339 g/mol. The summed E-state index contributed by atoms with van der Waals surface area (Å²) >= 11 is 0. The van der Waals surface area contributed by atoms with Crippen molar-refractivity contribution in [3.63, 3.8) is 0 Å². The number of nitrogens with one attached hydrogen (secondary N) is 1. The number of aromatic carboxylic acids is 1. The Morgan fingerprint density at radius 2 is 1.70 bits per heavy atom. The van der Waals surface area contributed by atoms with Crippen LogP contribution in [0.2, 0.25) is 0 Å². The summed E-state index contributed by atoms with van der Waals surface area (Å²) in [5.74, 6) is -1.43. The fraction of sp³-hybridized carbons (Fsp3) is 0.133. The Kier molecular flexibility index (Phi) is 5.17. The molecule has 23 heavy (non-hydrogen) atoms. The van der Waals surface area contributed by atoms with Crippen LogP contribution in [0, 0.1) is 5.82 Å². The molecule has 2 aromatic carbocycles. The van der Waals surface area contributed by atoms with Crippen molar-refractivity contribution in [1.82, 2.24) is 0 Å². The van der Waals surface area contributed by atoms with E-state index in [9.17, 15) is 17.6 Å². The fourth-order valence-electron chi connectivity index (χ4n) is 1.71. The van der Waals surface area contributed by atoms with Gasteiger partial charge in [-0.1, -0.05) is 0 Å². The Labute approximate surface area is 132 Å². The Bertz CT molecular complexity index is 773. The van der Waals surface area contributed by atoms with Gasteiger partial charge in [0.05, 0.1) is 5.56 Å². The van der Waals surface area contributed by atoms with Crippen LogP contribution in [0.3, 0.4) is 0 Å². The first-order valence-corrected chi connectivity index (χ1v) is 8.23. The van der Waals surface area contributed by atoms with Gasteiger partial charge in [0.2, 0.25) is 10.0 Å². The van der Waals surface area contributed by atoms with Crippen molar-refractivity contribution in [2.75, 3.05) is 17.1 Å². The SMILES string of the molecule is O=C(O)c1ccc(NS(=O)(=O)CCOc2ccc(F)cc2)cc1. The van der Waals surface area contributed by atoms with Gasteiger partial charge in [-0.3, -0.25) is 4.72 Å². The second kappa shape index (κ2) is 7.10. The minimum atomic E-state index is -3.64. The zero-order valence-corrected chi connectivity index (χ0v) is 12.7. The number of sulfonamides is 1. The number of carboxylic acid groups (broad SMARTS) is 1. The largest absolute Gasteiger partial charge is 0.492 e. The van der Waals surface area contributed by atoms with E-state index in [2.05, 4.69) is 4.72 Å². The van der Waals surface area contributed by atoms with Gasteiger partial charge < -0.3 is 9.84 Å². The molecule has 0 aliphatic carbocycles. The molecule has 0 radical (unpaired) electrons. The average Bonchev–Trinajstić information content (AvgIpc) is 2.49. The molecule has 0 atom stereocenters. The van der Waals surface area contributed by atoms with E-state index in [1.807, 2.05) is 0 Å². The number of benzene rings is 2. The Morgan fingerprint density at radius 3 is 2.26 bits per heavy atom. The topological polar surface area (TPSA) is 92.7 Å². The van der Waals surface area contributed by atoms with E-state index in [0.717, 1.165) is 0 Å². The zero-order valence-electron chi connectivity index (χ0n) is 11.9. The maximum Gasteiger partial charge on any atom is 0.335 e. The van der Waals surface area contributed by atoms with Crippen LogP contribution >= 0.6 is 0 Å². The van der Waals surface area contributed by atoms with Gasteiger partial charge in [-0.05, 0) is 48.5 Å². The lowest BCUT2D eigenvalue weighted by molar-refractivity contribution is 0.0697. The Morgan fingerprint density at radius 1 is 1.09 bits per heavy atom. The van der Waals surface area contributed by atoms with E-state index < -0.39 is 21.8 Å². The molecule has 0 amide bonds. The summed E-state index contributed by atoms with van der Waals surface area (Å²) in [4.78, 5) is 10.7. The van der Waals surface area contributed by atoms with Crippen LogP contribution in [-0.2, 0) is 10.0 Å². The predicted octanol–water partition coefficient (Wildman–Crippen LogP) is 2.34. The lowest BCUT2D eigenvalue weighted by atomic mass is 10.2. The molecule has 2 N–H and O–H groups in total. The summed E-state index contributed by atoms with van der Waals surface area (Å²) in [6.07, 6.45) is 0. The van der Waals surface area contributed by atoms with Crippen LogP contribution in [-0.4, -0.2) is 31.9 Å². The summed E-state index contributed by atoms with van der Waals surface area (Å²) < 4.78 is 44.1. The van der Waals surface area contributed by atoms with E-state index in [1.165, 1.54) is 48.5 Å². The highest BCUT2D eigenvalue weighted by Gasteiger charge is 2.11. The van der Waals surface area contributed by atoms with Crippen molar-refractivity contribution in [1.29, 1.82) is 0 Å². The molecule has 122 valence electrons. The van der Waals surface area contributed by atoms with Crippen LogP contribution in [0.25, 0.3) is 0 Å². The minimum Gasteiger partial charge on any atom is -0.492 e. The molecule has 0 fully saturated rings. The Balaban J connectivity index is 1.88. The van der Waals surface area contributed by atoms with Gasteiger partial charge in [-0.15, -0.1) is 0 Å². The van der Waals surface area contributed by atoms with Crippen LogP contribution in [0.4, 0.5) is 10.1 Å². The first-order chi connectivity index (χ1) is 10.9. The van der Waals surface area contributed by atoms with Crippen molar-refractivity contribution >= 4 is 21.7 Å². The number of halogens is 1. The van der Waals surface area contributed by atoms with Crippen LogP contribution < -0.4 is 9.46 Å². The van der Waals surface area contributed by atoms with Crippen LogP contribution in [0.1, 0.15) is 10.4 Å². The second-order valence-corrected chi connectivity index (χ2v) is 6.45. The van der Waals surface area contributed by atoms with Gasteiger partial charge in [0.1, 0.15) is 23.9 Å². The number of carbonyl (C=O) groups is 1. The number of anilines is 1. The quantitative estimate of drug-likeness (QED) is 0.808. The van der Waals surface area contributed by atoms with Gasteiger partial charge in [0.15, 0.2) is 0 Å². The lowest BCUT2D eigenvalue weighted by Gasteiger charge is -2.09. The molecule has 6 nitrogen and oxygen atoms in total. The molecule has 8 heteroatoms. The molecule has 0 aromatic heterocycles. The Hall–Kier alpha value is -2.61. The highest BCUT2D eigenvalue weighted by atomic mass is 32.2. The second-order valence-electron chi connectivity index (χ2n) is 4.61. The normalized spacial score (nSPS) is 11.0. The maximum absolute atomic E-state index is 12.7. The lowest BCUT2D eigenvalue weighted by Crippen LogP contribution is -2.21. The summed E-state index contributed by atoms with van der Waals surface area (Å²) in [6, 6.07) is 10.6. The molecule has 0 spiro atoms. The minimum absolute atomic E-state index is 0.0626. The molecule has 0 bridgehead atoms. The highest BCUT2D eigenvalue weighted by molar-refractivity contribution is 7.92. The van der Waals surface area contributed by atoms with Gasteiger partial charge in [0, 0.05) is 5.69 Å². The van der Waals surface area contributed by atoms with Crippen LogP contribution in [0.5, 0.6) is 5.75 Å². The molecule has 0 unspecified atom stereocenters. The smallest absolute Gasteiger partial charge is 0.335 e. The summed E-state index contributed by atoms with van der Waals surface area (Å²) in [5, 5.41) is 8.77. The molecule has 0 saturated heterocycles. The fourth-order valence-corrected chi connectivity index (χ4v) is 2.61. The first kappa shape index (κ1) is 16.8. The molecule has 0 aliphatic heterocycles.